The van der Waals surface area contributed by atoms with Gasteiger partial charge in [0.1, 0.15) is 23.0 Å². The second-order valence-electron chi connectivity index (χ2n) is 13.6. The number of fused-ring (bicyclic) bond motifs is 2. The Morgan fingerprint density at radius 3 is 1.02 bits per heavy atom. The van der Waals surface area contributed by atoms with E-state index in [0.29, 0.717) is 36.9 Å². The van der Waals surface area contributed by atoms with Gasteiger partial charge in [0.05, 0.1) is 26.4 Å². The average Bonchev–Trinajstić information content (AvgIpc) is 2.93. The molecule has 0 aliphatic rings. The molecule has 4 heteroatoms. The third-order valence-corrected chi connectivity index (χ3v) is 7.69. The third-order valence-electron chi connectivity index (χ3n) is 7.69. The van der Waals surface area contributed by atoms with Crippen LogP contribution in [0.3, 0.4) is 0 Å². The van der Waals surface area contributed by atoms with Crippen molar-refractivity contribution in [3.8, 4) is 23.0 Å². The summed E-state index contributed by atoms with van der Waals surface area (Å²) in [4.78, 5) is 0. The molecule has 4 nitrogen and oxygen atoms in total. The molecule has 0 fully saturated rings. The van der Waals surface area contributed by atoms with Crippen LogP contribution in [0.25, 0.3) is 21.5 Å². The van der Waals surface area contributed by atoms with Gasteiger partial charge in [-0.15, -0.1) is 0 Å². The smallest absolute Gasteiger partial charge is 0.135 e. The zero-order valence-electron chi connectivity index (χ0n) is 27.9. The van der Waals surface area contributed by atoms with Crippen LogP contribution in [0.15, 0.2) is 36.4 Å². The molecule has 3 rings (SSSR count). The molecule has 0 aromatic heterocycles. The molecule has 0 bridgehead atoms. The zero-order valence-corrected chi connectivity index (χ0v) is 27.9. The van der Waals surface area contributed by atoms with Crippen molar-refractivity contribution in [1.29, 1.82) is 0 Å². The fourth-order valence-electron chi connectivity index (χ4n) is 5.29. The first-order chi connectivity index (χ1) is 20.2. The highest BCUT2D eigenvalue weighted by molar-refractivity contribution is 6.11. The van der Waals surface area contributed by atoms with Crippen molar-refractivity contribution >= 4 is 21.5 Å². The highest BCUT2D eigenvalue weighted by Crippen LogP contribution is 2.45. The van der Waals surface area contributed by atoms with Crippen molar-refractivity contribution in [3.63, 3.8) is 0 Å². The van der Waals surface area contributed by atoms with Crippen LogP contribution < -0.4 is 18.9 Å². The van der Waals surface area contributed by atoms with E-state index in [9.17, 15) is 0 Å². The lowest BCUT2D eigenvalue weighted by molar-refractivity contribution is 0.294. The molecule has 0 amide bonds. The maximum Gasteiger partial charge on any atom is 0.135 e. The van der Waals surface area contributed by atoms with Crippen molar-refractivity contribution in [3.05, 3.63) is 36.4 Å². The Bertz CT molecular complexity index is 1120. The van der Waals surface area contributed by atoms with Gasteiger partial charge in [0.25, 0.3) is 0 Å². The summed E-state index contributed by atoms with van der Waals surface area (Å²) in [6, 6.07) is 12.8. The molecule has 234 valence electrons. The van der Waals surface area contributed by atoms with Crippen LogP contribution in [0.2, 0.25) is 0 Å². The van der Waals surface area contributed by atoms with Crippen molar-refractivity contribution in [2.45, 2.75) is 107 Å². The van der Waals surface area contributed by atoms with Gasteiger partial charge in [-0.05, 0) is 111 Å². The van der Waals surface area contributed by atoms with Crippen LogP contribution in [0.1, 0.15) is 107 Å². The Kier molecular flexibility index (Phi) is 14.1. The number of rotatable bonds is 20. The van der Waals surface area contributed by atoms with E-state index < -0.39 is 0 Å². The van der Waals surface area contributed by atoms with Gasteiger partial charge in [0.15, 0.2) is 0 Å². The van der Waals surface area contributed by atoms with Gasteiger partial charge in [-0.1, -0.05) is 55.4 Å². The Morgan fingerprint density at radius 1 is 0.405 bits per heavy atom. The summed E-state index contributed by atoms with van der Waals surface area (Å²) in [5.41, 5.74) is 0. The lowest BCUT2D eigenvalue weighted by atomic mass is 9.99. The first-order valence-corrected chi connectivity index (χ1v) is 16.7. The largest absolute Gasteiger partial charge is 0.494 e. The van der Waals surface area contributed by atoms with Crippen molar-refractivity contribution < 1.29 is 18.9 Å². The van der Waals surface area contributed by atoms with E-state index in [1.54, 1.807) is 0 Å². The highest BCUT2D eigenvalue weighted by Gasteiger charge is 2.19. The second kappa shape index (κ2) is 17.5. The second-order valence-corrected chi connectivity index (χ2v) is 13.6. The number of hydrogen-bond donors (Lipinski definition) is 0. The van der Waals surface area contributed by atoms with Crippen LogP contribution in [0, 0.1) is 23.7 Å². The van der Waals surface area contributed by atoms with E-state index in [-0.39, 0.29) is 0 Å². The van der Waals surface area contributed by atoms with E-state index in [1.807, 2.05) is 0 Å². The monoisotopic (exact) mass is 578 g/mol. The molecule has 0 spiro atoms. The third kappa shape index (κ3) is 10.9. The van der Waals surface area contributed by atoms with Gasteiger partial charge in [0, 0.05) is 21.5 Å². The van der Waals surface area contributed by atoms with Gasteiger partial charge >= 0.3 is 0 Å². The molecule has 0 radical (unpaired) electrons. The zero-order chi connectivity index (χ0) is 30.5. The molecule has 0 unspecified atom stereocenters. The van der Waals surface area contributed by atoms with Gasteiger partial charge < -0.3 is 18.9 Å². The van der Waals surface area contributed by atoms with E-state index in [4.69, 9.17) is 18.9 Å². The molecule has 0 atom stereocenters. The standard InChI is InChI=1S/C38H58O4/c1-27(2)13-9-21-39-31-17-19-33-35(25-31)37(41-23-11-15-29(5)6)34-20-18-32(40-22-10-14-28(3)4)26-36(34)38(33)42-24-12-16-30(7)8/h17-20,25-30H,9-16,21-24H2,1-8H3. The molecule has 42 heavy (non-hydrogen) atoms. The molecule has 3 aromatic carbocycles. The first-order valence-electron chi connectivity index (χ1n) is 16.7. The van der Waals surface area contributed by atoms with E-state index in [0.717, 1.165) is 96.3 Å². The molecular formula is C38H58O4. The van der Waals surface area contributed by atoms with Crippen molar-refractivity contribution in [2.75, 3.05) is 26.4 Å². The molecular weight excluding hydrogens is 520 g/mol. The predicted molar refractivity (Wildman–Crippen MR) is 180 cm³/mol. The normalized spacial score (nSPS) is 11.9. The van der Waals surface area contributed by atoms with Gasteiger partial charge in [0.2, 0.25) is 0 Å². The van der Waals surface area contributed by atoms with Crippen molar-refractivity contribution in [2.24, 2.45) is 23.7 Å². The van der Waals surface area contributed by atoms with Crippen LogP contribution in [-0.4, -0.2) is 26.4 Å². The number of benzene rings is 3. The Labute approximate surface area is 256 Å². The summed E-state index contributed by atoms with van der Waals surface area (Å²) in [6.45, 7) is 20.9. The molecule has 0 aliphatic carbocycles. The lowest BCUT2D eigenvalue weighted by Gasteiger charge is -2.20. The molecule has 0 aliphatic heterocycles. The summed E-state index contributed by atoms with van der Waals surface area (Å²) in [7, 11) is 0. The Balaban J connectivity index is 2.03. The first kappa shape index (κ1) is 33.9. The summed E-state index contributed by atoms with van der Waals surface area (Å²) in [6.07, 6.45) is 8.77. The highest BCUT2D eigenvalue weighted by atomic mass is 16.5. The number of ether oxygens (including phenoxy) is 4. The van der Waals surface area contributed by atoms with Gasteiger partial charge in [-0.3, -0.25) is 0 Å². The fraction of sp³-hybridized carbons (Fsp3) is 0.632. The number of hydrogen-bond acceptors (Lipinski definition) is 4. The summed E-state index contributed by atoms with van der Waals surface area (Å²) >= 11 is 0. The summed E-state index contributed by atoms with van der Waals surface area (Å²) in [5.74, 6) is 6.27. The topological polar surface area (TPSA) is 36.9 Å². The van der Waals surface area contributed by atoms with E-state index in [2.05, 4.69) is 91.8 Å². The van der Waals surface area contributed by atoms with E-state index in [1.165, 1.54) is 12.8 Å². The van der Waals surface area contributed by atoms with Crippen LogP contribution in [-0.2, 0) is 0 Å². The maximum absolute atomic E-state index is 6.62. The molecule has 0 saturated heterocycles. The fourth-order valence-corrected chi connectivity index (χ4v) is 5.29. The predicted octanol–water partition coefficient (Wildman–Crippen LogP) is 11.3. The minimum Gasteiger partial charge on any atom is -0.494 e. The molecule has 0 heterocycles. The van der Waals surface area contributed by atoms with Crippen molar-refractivity contribution in [1.82, 2.24) is 0 Å². The Morgan fingerprint density at radius 2 is 0.714 bits per heavy atom. The molecule has 0 saturated carbocycles. The minimum absolute atomic E-state index is 0.657. The average molecular weight is 579 g/mol. The van der Waals surface area contributed by atoms with Gasteiger partial charge in [-0.25, -0.2) is 0 Å². The molecule has 3 aromatic rings. The maximum atomic E-state index is 6.62. The summed E-state index contributed by atoms with van der Waals surface area (Å²) < 4.78 is 25.7. The quantitative estimate of drug-likeness (QED) is 0.0987. The van der Waals surface area contributed by atoms with Gasteiger partial charge in [-0.2, -0.15) is 0 Å². The van der Waals surface area contributed by atoms with Crippen LogP contribution >= 0.6 is 0 Å². The van der Waals surface area contributed by atoms with Crippen LogP contribution in [0.4, 0.5) is 0 Å². The summed E-state index contributed by atoms with van der Waals surface area (Å²) in [5, 5.41) is 4.24. The van der Waals surface area contributed by atoms with Crippen LogP contribution in [0.5, 0.6) is 23.0 Å². The molecule has 0 N–H and O–H groups in total. The lowest BCUT2D eigenvalue weighted by Crippen LogP contribution is -2.05. The Hall–Kier alpha value is -2.62. The minimum atomic E-state index is 0.657. The van der Waals surface area contributed by atoms with E-state index >= 15 is 0 Å². The SMILES string of the molecule is CC(C)CCCOc1ccc2c(OCCCC(C)C)c3cc(OCCCC(C)C)ccc3c(OCCCC(C)C)c2c1.